The van der Waals surface area contributed by atoms with E-state index in [0.717, 1.165) is 59.7 Å². The summed E-state index contributed by atoms with van der Waals surface area (Å²) in [5.74, 6) is 1.34. The molecule has 3 aromatic rings. The first kappa shape index (κ1) is 22.9. The lowest BCUT2D eigenvalue weighted by atomic mass is 10.2. The molecule has 0 radical (unpaired) electrons. The summed E-state index contributed by atoms with van der Waals surface area (Å²) < 4.78 is 15.2. The van der Waals surface area contributed by atoms with Crippen LogP contribution < -0.4 is 10.2 Å². The number of nitrogens with one attached hydrogen (secondary N) is 1. The van der Waals surface area contributed by atoms with Crippen LogP contribution in [0.5, 0.6) is 0 Å². The average molecular weight is 454 g/mol. The van der Waals surface area contributed by atoms with E-state index in [1.165, 1.54) is 12.1 Å². The van der Waals surface area contributed by atoms with Gasteiger partial charge in [0.1, 0.15) is 17.5 Å². The van der Waals surface area contributed by atoms with Crippen molar-refractivity contribution < 1.29 is 9.18 Å². The van der Waals surface area contributed by atoms with E-state index in [9.17, 15) is 9.18 Å². The number of hydrogen-bond acceptors (Lipinski definition) is 5. The summed E-state index contributed by atoms with van der Waals surface area (Å²) >= 11 is 0. The van der Waals surface area contributed by atoms with Gasteiger partial charge in [0.2, 0.25) is 0 Å². The molecule has 1 N–H and O–H groups in total. The number of piperazine rings is 1. The maximum atomic E-state index is 13.5. The molecule has 2 aromatic heterocycles. The number of urea groups is 1. The molecule has 4 rings (SSSR count). The van der Waals surface area contributed by atoms with Gasteiger partial charge in [-0.15, -0.1) is 0 Å². The number of unbranched alkanes of at least 4 members (excludes halogenated alkanes) is 1. The first-order valence-electron chi connectivity index (χ1n) is 11.8. The molecule has 8 nitrogen and oxygen atoms in total. The van der Waals surface area contributed by atoms with Crippen molar-refractivity contribution >= 4 is 22.9 Å². The Bertz CT molecular complexity index is 1100. The number of hydrogen-bond donors (Lipinski definition) is 1. The summed E-state index contributed by atoms with van der Waals surface area (Å²) in [6, 6.07) is 6.27. The van der Waals surface area contributed by atoms with E-state index < -0.39 is 0 Å². The second-order valence-electron chi connectivity index (χ2n) is 8.45. The van der Waals surface area contributed by atoms with Crippen molar-refractivity contribution in [1.29, 1.82) is 0 Å². The number of aromatic nitrogens is 4. The van der Waals surface area contributed by atoms with E-state index in [4.69, 9.17) is 15.1 Å². The second kappa shape index (κ2) is 10.1. The second-order valence-corrected chi connectivity index (χ2v) is 8.45. The number of carbonyl (C=O) groups excluding carboxylic acids is 1. The zero-order valence-corrected chi connectivity index (χ0v) is 19.6. The molecule has 176 valence electrons. The van der Waals surface area contributed by atoms with Crippen LogP contribution in [0, 0.1) is 12.7 Å². The Labute approximate surface area is 193 Å². The van der Waals surface area contributed by atoms with Crippen molar-refractivity contribution in [3.8, 4) is 5.69 Å². The van der Waals surface area contributed by atoms with Gasteiger partial charge in [0, 0.05) is 39.1 Å². The summed E-state index contributed by atoms with van der Waals surface area (Å²) in [4.78, 5) is 26.3. The fraction of sp³-hybridized carbons (Fsp3) is 0.500. The normalized spacial score (nSPS) is 14.2. The quantitative estimate of drug-likeness (QED) is 0.550. The van der Waals surface area contributed by atoms with Gasteiger partial charge in [-0.1, -0.05) is 20.3 Å². The Hall–Kier alpha value is -3.23. The van der Waals surface area contributed by atoms with Crippen LogP contribution in [0.1, 0.15) is 44.6 Å². The number of amides is 2. The van der Waals surface area contributed by atoms with E-state index in [0.29, 0.717) is 32.7 Å². The summed E-state index contributed by atoms with van der Waals surface area (Å²) in [5.41, 5.74) is 2.31. The molecule has 0 atom stereocenters. The monoisotopic (exact) mass is 453 g/mol. The van der Waals surface area contributed by atoms with Gasteiger partial charge in [0.15, 0.2) is 5.65 Å². The van der Waals surface area contributed by atoms with E-state index in [-0.39, 0.29) is 11.8 Å². The number of halogens is 1. The van der Waals surface area contributed by atoms with Crippen LogP contribution in [-0.4, -0.2) is 63.4 Å². The van der Waals surface area contributed by atoms with Crippen molar-refractivity contribution in [3.05, 3.63) is 41.6 Å². The molecule has 0 aliphatic carbocycles. The SMILES string of the molecule is CCCCNC(=O)N1CCN(c2nc(CCC)nc3c2c(C)nn3-c2ccc(F)cc2)CC1. The predicted molar refractivity (Wildman–Crippen MR) is 127 cm³/mol. The van der Waals surface area contributed by atoms with Gasteiger partial charge in [-0.2, -0.15) is 5.10 Å². The number of benzene rings is 1. The smallest absolute Gasteiger partial charge is 0.317 e. The topological polar surface area (TPSA) is 79.2 Å². The average Bonchev–Trinajstić information content (AvgIpc) is 3.16. The van der Waals surface area contributed by atoms with Crippen LogP contribution in [0.2, 0.25) is 0 Å². The number of anilines is 1. The van der Waals surface area contributed by atoms with Crippen LogP contribution in [0.4, 0.5) is 15.0 Å². The molecule has 0 spiro atoms. The van der Waals surface area contributed by atoms with Crippen molar-refractivity contribution in [2.24, 2.45) is 0 Å². The van der Waals surface area contributed by atoms with E-state index >= 15 is 0 Å². The van der Waals surface area contributed by atoms with Gasteiger partial charge in [-0.05, 0) is 44.0 Å². The molecule has 0 bridgehead atoms. The van der Waals surface area contributed by atoms with Gasteiger partial charge in [-0.25, -0.2) is 23.8 Å². The maximum absolute atomic E-state index is 13.5. The summed E-state index contributed by atoms with van der Waals surface area (Å²) in [7, 11) is 0. The van der Waals surface area contributed by atoms with Crippen LogP contribution in [0.3, 0.4) is 0 Å². The Morgan fingerprint density at radius 3 is 2.45 bits per heavy atom. The molecule has 9 heteroatoms. The first-order valence-corrected chi connectivity index (χ1v) is 11.8. The molecule has 0 saturated carbocycles. The van der Waals surface area contributed by atoms with Crippen molar-refractivity contribution in [3.63, 3.8) is 0 Å². The number of fused-ring (bicyclic) bond motifs is 1. The van der Waals surface area contributed by atoms with Crippen molar-refractivity contribution in [1.82, 2.24) is 30.0 Å². The third-order valence-corrected chi connectivity index (χ3v) is 5.95. The Morgan fingerprint density at radius 1 is 1.06 bits per heavy atom. The lowest BCUT2D eigenvalue weighted by Crippen LogP contribution is -2.52. The van der Waals surface area contributed by atoms with Gasteiger partial charge in [0.05, 0.1) is 16.8 Å². The van der Waals surface area contributed by atoms with Gasteiger partial charge >= 0.3 is 6.03 Å². The molecule has 1 aliphatic heterocycles. The molecule has 1 fully saturated rings. The van der Waals surface area contributed by atoms with Crippen molar-refractivity contribution in [2.75, 3.05) is 37.6 Å². The number of rotatable bonds is 7. The minimum atomic E-state index is -0.287. The molecule has 1 aromatic carbocycles. The molecule has 33 heavy (non-hydrogen) atoms. The lowest BCUT2D eigenvalue weighted by Gasteiger charge is -2.35. The highest BCUT2D eigenvalue weighted by atomic mass is 19.1. The van der Waals surface area contributed by atoms with E-state index in [1.807, 2.05) is 11.8 Å². The summed E-state index contributed by atoms with van der Waals surface area (Å²) in [5, 5.41) is 8.63. The Kier molecular flexibility index (Phi) is 7.05. The standard InChI is InChI=1S/C24H32FN7O/c1-4-6-12-26-24(33)31-15-13-30(14-16-31)22-21-17(3)29-32(19-10-8-18(25)9-11-19)23(21)28-20(27-22)7-5-2/h8-11H,4-7,12-16H2,1-3H3,(H,26,33). The number of nitrogens with zero attached hydrogens (tertiary/aromatic N) is 6. The first-order chi connectivity index (χ1) is 16.0. The van der Waals surface area contributed by atoms with Crippen molar-refractivity contribution in [2.45, 2.75) is 46.5 Å². The highest BCUT2D eigenvalue weighted by Crippen LogP contribution is 2.30. The molecule has 1 aliphatic rings. The van der Waals surface area contributed by atoms with Gasteiger partial charge in [-0.3, -0.25) is 0 Å². The zero-order chi connectivity index (χ0) is 23.4. The predicted octanol–water partition coefficient (Wildman–Crippen LogP) is 3.85. The minimum absolute atomic E-state index is 0.00270. The Morgan fingerprint density at radius 2 is 1.79 bits per heavy atom. The molecular formula is C24H32FN7O. The molecular weight excluding hydrogens is 421 g/mol. The lowest BCUT2D eigenvalue weighted by molar-refractivity contribution is 0.194. The van der Waals surface area contributed by atoms with E-state index in [1.54, 1.807) is 16.8 Å². The molecule has 3 heterocycles. The van der Waals surface area contributed by atoms with Crippen LogP contribution in [0.15, 0.2) is 24.3 Å². The third kappa shape index (κ3) is 4.91. The maximum Gasteiger partial charge on any atom is 0.317 e. The largest absolute Gasteiger partial charge is 0.352 e. The molecule has 2 amide bonds. The number of aryl methyl sites for hydroxylation is 2. The molecule has 0 unspecified atom stereocenters. The minimum Gasteiger partial charge on any atom is -0.352 e. The Balaban J connectivity index is 1.64. The zero-order valence-electron chi connectivity index (χ0n) is 19.6. The van der Waals surface area contributed by atoms with Gasteiger partial charge in [0.25, 0.3) is 0 Å². The molecule has 1 saturated heterocycles. The van der Waals surface area contributed by atoms with Gasteiger partial charge < -0.3 is 15.1 Å². The summed E-state index contributed by atoms with van der Waals surface area (Å²) in [6.07, 6.45) is 3.74. The fourth-order valence-corrected chi connectivity index (χ4v) is 4.14. The van der Waals surface area contributed by atoms with Crippen LogP contribution in [-0.2, 0) is 6.42 Å². The van der Waals surface area contributed by atoms with Crippen LogP contribution in [0.25, 0.3) is 16.7 Å². The van der Waals surface area contributed by atoms with E-state index in [2.05, 4.69) is 24.1 Å². The summed E-state index contributed by atoms with van der Waals surface area (Å²) in [6.45, 7) is 9.54. The third-order valence-electron chi connectivity index (χ3n) is 5.95. The fourth-order valence-electron chi connectivity index (χ4n) is 4.14. The number of carbonyl (C=O) groups is 1. The highest BCUT2D eigenvalue weighted by molar-refractivity contribution is 5.91. The van der Waals surface area contributed by atoms with Crippen LogP contribution >= 0.6 is 0 Å². The highest BCUT2D eigenvalue weighted by Gasteiger charge is 2.26.